The Morgan fingerprint density at radius 3 is 2.29 bits per heavy atom. The van der Waals surface area contributed by atoms with Crippen LogP contribution in [0.1, 0.15) is 49.0 Å². The van der Waals surface area contributed by atoms with Crippen LogP contribution < -0.4 is 0 Å². The lowest BCUT2D eigenvalue weighted by atomic mass is 9.86. The molecular weight excluding hydrogens is 413 g/mol. The van der Waals surface area contributed by atoms with Crippen molar-refractivity contribution in [2.75, 3.05) is 19.6 Å². The molecule has 0 amide bonds. The third-order valence-electron chi connectivity index (χ3n) is 6.45. The summed E-state index contributed by atoms with van der Waals surface area (Å²) in [6, 6.07) is 18.0. The summed E-state index contributed by atoms with van der Waals surface area (Å²) in [6.07, 6.45) is 2.46. The van der Waals surface area contributed by atoms with Crippen LogP contribution in [0.3, 0.4) is 0 Å². The van der Waals surface area contributed by atoms with Crippen molar-refractivity contribution in [1.29, 1.82) is 0 Å². The molecule has 2 unspecified atom stereocenters. The van der Waals surface area contributed by atoms with Crippen molar-refractivity contribution < 1.29 is 14.6 Å². The van der Waals surface area contributed by atoms with E-state index in [2.05, 4.69) is 11.0 Å². The first-order valence-electron chi connectivity index (χ1n) is 11.0. The molecule has 0 aromatic heterocycles. The van der Waals surface area contributed by atoms with Crippen molar-refractivity contribution in [1.82, 2.24) is 4.90 Å². The predicted molar refractivity (Wildman–Crippen MR) is 124 cm³/mol. The molecule has 3 nitrogen and oxygen atoms in total. The van der Waals surface area contributed by atoms with Crippen molar-refractivity contribution in [3.63, 3.8) is 0 Å². The molecule has 1 aliphatic rings. The fraction of sp³-hybridized carbons (Fsp3) is 0.385. The third kappa shape index (κ3) is 5.64. The fourth-order valence-electron chi connectivity index (χ4n) is 4.54. The smallest absolute Gasteiger partial charge is 0.123 e. The Kier molecular flexibility index (Phi) is 7.24. The quantitative estimate of drug-likeness (QED) is 0.480. The summed E-state index contributed by atoms with van der Waals surface area (Å²) in [6.45, 7) is 2.84. The molecule has 0 aliphatic carbocycles. The third-order valence-corrected chi connectivity index (χ3v) is 6.69. The number of likely N-dealkylation sites (tertiary alicyclic amines) is 1. The summed E-state index contributed by atoms with van der Waals surface area (Å²) in [7, 11) is 0. The van der Waals surface area contributed by atoms with Crippen molar-refractivity contribution in [3.05, 3.63) is 82.6 Å². The number of piperidine rings is 1. The minimum atomic E-state index is -0.553. The highest BCUT2D eigenvalue weighted by molar-refractivity contribution is 6.31. The Hall–Kier alpha value is -1.98. The summed E-state index contributed by atoms with van der Waals surface area (Å²) in [4.78, 5) is 2.41. The highest BCUT2D eigenvalue weighted by atomic mass is 35.5. The zero-order chi connectivity index (χ0) is 21.8. The van der Waals surface area contributed by atoms with Crippen LogP contribution in [0.2, 0.25) is 5.02 Å². The molecule has 3 aromatic rings. The number of halogens is 2. The van der Waals surface area contributed by atoms with E-state index in [0.29, 0.717) is 6.42 Å². The van der Waals surface area contributed by atoms with Crippen LogP contribution in [-0.2, 0) is 0 Å². The lowest BCUT2D eigenvalue weighted by molar-refractivity contribution is 0.0570. The fourth-order valence-corrected chi connectivity index (χ4v) is 4.72. The molecule has 3 aromatic carbocycles. The van der Waals surface area contributed by atoms with Crippen LogP contribution in [0.4, 0.5) is 4.39 Å². The van der Waals surface area contributed by atoms with Crippen molar-refractivity contribution in [3.8, 4) is 0 Å². The summed E-state index contributed by atoms with van der Waals surface area (Å²) < 4.78 is 13.0. The molecule has 31 heavy (non-hydrogen) atoms. The van der Waals surface area contributed by atoms with E-state index in [0.717, 1.165) is 65.8 Å². The SMILES string of the molecule is OC(CCCN1CCC(C(O)c2ccc3cc(Cl)ccc3c2)CC1)c1ccc(F)cc1. The van der Waals surface area contributed by atoms with E-state index in [1.54, 1.807) is 12.1 Å². The topological polar surface area (TPSA) is 43.7 Å². The highest BCUT2D eigenvalue weighted by Crippen LogP contribution is 2.33. The molecule has 1 fully saturated rings. The number of aliphatic hydroxyl groups excluding tert-OH is 2. The molecule has 4 rings (SSSR count). The first-order chi connectivity index (χ1) is 15.0. The zero-order valence-corrected chi connectivity index (χ0v) is 18.3. The maximum Gasteiger partial charge on any atom is 0.123 e. The molecule has 1 saturated heterocycles. The van der Waals surface area contributed by atoms with Gasteiger partial charge in [-0.15, -0.1) is 0 Å². The number of rotatable bonds is 7. The maximum atomic E-state index is 13.0. The van der Waals surface area contributed by atoms with Gasteiger partial charge in [-0.2, -0.15) is 0 Å². The van der Waals surface area contributed by atoms with Gasteiger partial charge in [0.1, 0.15) is 5.82 Å². The second-order valence-electron chi connectivity index (χ2n) is 8.58. The predicted octanol–water partition coefficient (Wildman–Crippen LogP) is 5.89. The van der Waals surface area contributed by atoms with Gasteiger partial charge in [-0.3, -0.25) is 0 Å². The second kappa shape index (κ2) is 10.1. The number of fused-ring (bicyclic) bond motifs is 1. The van der Waals surface area contributed by atoms with Crippen LogP contribution in [0.5, 0.6) is 0 Å². The van der Waals surface area contributed by atoms with E-state index in [-0.39, 0.29) is 11.7 Å². The molecule has 1 heterocycles. The normalized spacial score (nSPS) is 17.7. The first-order valence-corrected chi connectivity index (χ1v) is 11.4. The lowest BCUT2D eigenvalue weighted by Gasteiger charge is -2.34. The molecule has 5 heteroatoms. The van der Waals surface area contributed by atoms with E-state index < -0.39 is 12.2 Å². The van der Waals surface area contributed by atoms with Gasteiger partial charge < -0.3 is 15.1 Å². The van der Waals surface area contributed by atoms with E-state index in [4.69, 9.17) is 11.6 Å². The van der Waals surface area contributed by atoms with Crippen LogP contribution in [0.25, 0.3) is 10.8 Å². The Morgan fingerprint density at radius 1 is 0.903 bits per heavy atom. The monoisotopic (exact) mass is 441 g/mol. The molecule has 0 spiro atoms. The standard InChI is InChI=1S/C26H29ClFNO2/c27-23-8-5-20-16-22(4-3-21(20)17-23)26(31)19-11-14-29(15-12-19)13-1-2-25(30)18-6-9-24(28)10-7-18/h3-10,16-17,19,25-26,30-31H,1-2,11-15H2. The summed E-state index contributed by atoms with van der Waals surface area (Å²) in [5.74, 6) is -0.0279. The number of aliphatic hydroxyl groups is 2. The second-order valence-corrected chi connectivity index (χ2v) is 9.02. The molecule has 1 aliphatic heterocycles. The minimum absolute atomic E-state index is 0.255. The zero-order valence-electron chi connectivity index (χ0n) is 17.6. The van der Waals surface area contributed by atoms with Gasteiger partial charge in [0, 0.05) is 5.02 Å². The van der Waals surface area contributed by atoms with Gasteiger partial charge in [-0.1, -0.05) is 41.9 Å². The maximum absolute atomic E-state index is 13.0. The van der Waals surface area contributed by atoms with E-state index in [1.807, 2.05) is 30.3 Å². The molecule has 2 N–H and O–H groups in total. The summed E-state index contributed by atoms with van der Waals surface area (Å²) >= 11 is 6.07. The molecule has 0 bridgehead atoms. The first kappa shape index (κ1) is 22.2. The highest BCUT2D eigenvalue weighted by Gasteiger charge is 2.26. The Bertz CT molecular complexity index is 1000. The molecule has 0 radical (unpaired) electrons. The van der Waals surface area contributed by atoms with Gasteiger partial charge in [-0.05, 0) is 103 Å². The number of hydrogen-bond donors (Lipinski definition) is 2. The number of benzene rings is 3. The van der Waals surface area contributed by atoms with Crippen LogP contribution in [0.15, 0.2) is 60.7 Å². The Balaban J connectivity index is 1.24. The Morgan fingerprint density at radius 2 is 1.55 bits per heavy atom. The van der Waals surface area contributed by atoms with Crippen molar-refractivity contribution >= 4 is 22.4 Å². The number of hydrogen-bond acceptors (Lipinski definition) is 3. The largest absolute Gasteiger partial charge is 0.388 e. The van der Waals surface area contributed by atoms with Crippen LogP contribution in [-0.4, -0.2) is 34.7 Å². The Labute approximate surface area is 188 Å². The average molecular weight is 442 g/mol. The van der Waals surface area contributed by atoms with Gasteiger partial charge >= 0.3 is 0 Å². The molecule has 2 atom stereocenters. The lowest BCUT2D eigenvalue weighted by Crippen LogP contribution is -2.36. The van der Waals surface area contributed by atoms with Gasteiger partial charge in [0.15, 0.2) is 0 Å². The van der Waals surface area contributed by atoms with Crippen molar-refractivity contribution in [2.24, 2.45) is 5.92 Å². The van der Waals surface area contributed by atoms with Crippen LogP contribution in [0, 0.1) is 11.7 Å². The molecular formula is C26H29ClFNO2. The molecule has 0 saturated carbocycles. The van der Waals surface area contributed by atoms with E-state index >= 15 is 0 Å². The van der Waals surface area contributed by atoms with Crippen LogP contribution >= 0.6 is 11.6 Å². The average Bonchev–Trinajstić information content (AvgIpc) is 2.79. The summed E-state index contributed by atoms with van der Waals surface area (Å²) in [5, 5.41) is 24.1. The van der Waals surface area contributed by atoms with Gasteiger partial charge in [0.2, 0.25) is 0 Å². The van der Waals surface area contributed by atoms with Gasteiger partial charge in [-0.25, -0.2) is 4.39 Å². The minimum Gasteiger partial charge on any atom is -0.388 e. The van der Waals surface area contributed by atoms with E-state index in [1.165, 1.54) is 12.1 Å². The van der Waals surface area contributed by atoms with Gasteiger partial charge in [0.05, 0.1) is 12.2 Å². The molecule has 164 valence electrons. The van der Waals surface area contributed by atoms with E-state index in [9.17, 15) is 14.6 Å². The number of nitrogens with zero attached hydrogens (tertiary/aromatic N) is 1. The summed E-state index contributed by atoms with van der Waals surface area (Å²) in [5.41, 5.74) is 1.73. The van der Waals surface area contributed by atoms with Crippen molar-refractivity contribution in [2.45, 2.75) is 37.9 Å². The van der Waals surface area contributed by atoms with Gasteiger partial charge in [0.25, 0.3) is 0 Å².